The van der Waals surface area contributed by atoms with Crippen LogP contribution in [0.15, 0.2) is 54.6 Å². The lowest BCUT2D eigenvalue weighted by Gasteiger charge is -2.22. The van der Waals surface area contributed by atoms with E-state index in [4.69, 9.17) is 5.10 Å². The van der Waals surface area contributed by atoms with E-state index in [1.54, 1.807) is 4.68 Å². The summed E-state index contributed by atoms with van der Waals surface area (Å²) in [5.74, 6) is 0.0446. The van der Waals surface area contributed by atoms with Crippen molar-refractivity contribution >= 4 is 23.4 Å². The van der Waals surface area contributed by atoms with E-state index in [0.29, 0.717) is 12.2 Å². The monoisotopic (exact) mass is 515 g/mol. The van der Waals surface area contributed by atoms with Crippen molar-refractivity contribution in [3.05, 3.63) is 71.4 Å². The molecule has 3 aromatic rings. The van der Waals surface area contributed by atoms with Gasteiger partial charge in [0.05, 0.1) is 16.9 Å². The van der Waals surface area contributed by atoms with E-state index in [1.807, 2.05) is 65.0 Å². The molecule has 7 nitrogen and oxygen atoms in total. The number of alkyl halides is 3. The maximum atomic E-state index is 13.0. The zero-order valence-corrected chi connectivity index (χ0v) is 21.6. The van der Waals surface area contributed by atoms with E-state index < -0.39 is 23.7 Å². The topological polar surface area (TPSA) is 79.3 Å². The first-order valence-electron chi connectivity index (χ1n) is 12.0. The van der Waals surface area contributed by atoms with Gasteiger partial charge in [-0.2, -0.15) is 18.3 Å². The lowest BCUT2D eigenvalue weighted by atomic mass is 9.92. The van der Waals surface area contributed by atoms with E-state index in [9.17, 15) is 22.8 Å². The predicted octanol–water partition coefficient (Wildman–Crippen LogP) is 6.38. The number of hydrogen-bond donors (Lipinski definition) is 2. The van der Waals surface area contributed by atoms with Crippen molar-refractivity contribution in [3.8, 4) is 5.69 Å². The van der Waals surface area contributed by atoms with Crippen molar-refractivity contribution < 1.29 is 22.8 Å². The molecular formula is C27H32F3N5O2. The fraction of sp³-hybridized carbons (Fsp3) is 0.370. The molecule has 2 aromatic carbocycles. The average Bonchev–Trinajstić information content (AvgIpc) is 3.23. The second kappa shape index (κ2) is 11.1. The summed E-state index contributed by atoms with van der Waals surface area (Å²) in [6.07, 6.45) is -3.88. The maximum absolute atomic E-state index is 13.0. The van der Waals surface area contributed by atoms with Gasteiger partial charge in [-0.3, -0.25) is 4.79 Å². The molecule has 37 heavy (non-hydrogen) atoms. The SMILES string of the molecule is CCCN(CC(=O)Nc1cc(C(C)(C)C)nn1-c1ccc(C)cc1)C(=O)Nc1ccc(C(F)(F)F)cc1. The number of halogens is 3. The summed E-state index contributed by atoms with van der Waals surface area (Å²) in [5.41, 5.74) is 1.79. The van der Waals surface area contributed by atoms with E-state index in [0.717, 1.165) is 29.1 Å². The number of nitrogens with one attached hydrogen (secondary N) is 2. The van der Waals surface area contributed by atoms with Crippen LogP contribution < -0.4 is 10.6 Å². The van der Waals surface area contributed by atoms with Crippen molar-refractivity contribution in [3.63, 3.8) is 0 Å². The van der Waals surface area contributed by atoms with Crippen LogP contribution in [0.3, 0.4) is 0 Å². The lowest BCUT2D eigenvalue weighted by Crippen LogP contribution is -2.41. The van der Waals surface area contributed by atoms with Crippen molar-refractivity contribution in [1.29, 1.82) is 0 Å². The van der Waals surface area contributed by atoms with E-state index in [2.05, 4.69) is 10.6 Å². The first kappa shape index (κ1) is 27.8. The van der Waals surface area contributed by atoms with Gasteiger partial charge in [-0.25, -0.2) is 9.48 Å². The fourth-order valence-corrected chi connectivity index (χ4v) is 3.54. The van der Waals surface area contributed by atoms with Crippen LogP contribution in [0.1, 0.15) is 50.9 Å². The number of rotatable bonds is 7. The molecule has 0 saturated heterocycles. The number of hydrogen-bond acceptors (Lipinski definition) is 3. The van der Waals surface area contributed by atoms with Gasteiger partial charge in [-0.1, -0.05) is 45.4 Å². The number of aryl methyl sites for hydroxylation is 1. The molecule has 0 bridgehead atoms. The molecule has 10 heteroatoms. The van der Waals surface area contributed by atoms with Crippen molar-refractivity contribution in [2.24, 2.45) is 0 Å². The molecular weight excluding hydrogens is 483 g/mol. The fourth-order valence-electron chi connectivity index (χ4n) is 3.54. The van der Waals surface area contributed by atoms with Crippen molar-refractivity contribution in [2.45, 2.75) is 52.6 Å². The third-order valence-corrected chi connectivity index (χ3v) is 5.60. The molecule has 2 N–H and O–H groups in total. The smallest absolute Gasteiger partial charge is 0.315 e. The Morgan fingerprint density at radius 3 is 2.14 bits per heavy atom. The Morgan fingerprint density at radius 1 is 0.973 bits per heavy atom. The number of amides is 3. The summed E-state index contributed by atoms with van der Waals surface area (Å²) < 4.78 is 40.1. The maximum Gasteiger partial charge on any atom is 0.416 e. The third-order valence-electron chi connectivity index (χ3n) is 5.60. The summed E-state index contributed by atoms with van der Waals surface area (Å²) in [5, 5.41) is 10.1. The lowest BCUT2D eigenvalue weighted by molar-refractivity contribution is -0.137. The molecule has 1 aromatic heterocycles. The van der Waals surface area contributed by atoms with Crippen LogP contribution in [0.5, 0.6) is 0 Å². The predicted molar refractivity (Wildman–Crippen MR) is 138 cm³/mol. The van der Waals surface area contributed by atoms with Gasteiger partial charge in [0.15, 0.2) is 0 Å². The minimum absolute atomic E-state index is 0.201. The Balaban J connectivity index is 1.76. The summed E-state index contributed by atoms with van der Waals surface area (Å²) in [7, 11) is 0. The molecule has 0 saturated carbocycles. The number of benzene rings is 2. The van der Waals surface area contributed by atoms with Gasteiger partial charge < -0.3 is 15.5 Å². The highest BCUT2D eigenvalue weighted by Gasteiger charge is 2.30. The highest BCUT2D eigenvalue weighted by atomic mass is 19.4. The molecule has 0 radical (unpaired) electrons. The zero-order chi connectivity index (χ0) is 27.4. The minimum Gasteiger partial charge on any atom is -0.315 e. The highest BCUT2D eigenvalue weighted by molar-refractivity contribution is 5.96. The van der Waals surface area contributed by atoms with Gasteiger partial charge in [0.25, 0.3) is 0 Å². The molecule has 0 aliphatic heterocycles. The number of anilines is 2. The number of carbonyl (C=O) groups excluding carboxylic acids is 2. The van der Waals surface area contributed by atoms with Gasteiger partial charge >= 0.3 is 12.2 Å². The average molecular weight is 516 g/mol. The first-order chi connectivity index (χ1) is 17.3. The molecule has 0 aliphatic carbocycles. The van der Waals surface area contributed by atoms with Crippen LogP contribution in [-0.2, 0) is 16.4 Å². The van der Waals surface area contributed by atoms with Gasteiger partial charge in [-0.15, -0.1) is 0 Å². The second-order valence-electron chi connectivity index (χ2n) is 9.89. The number of carbonyl (C=O) groups is 2. The Labute approximate surface area is 214 Å². The Morgan fingerprint density at radius 2 is 1.59 bits per heavy atom. The van der Waals surface area contributed by atoms with Crippen LogP contribution in [-0.4, -0.2) is 39.7 Å². The van der Waals surface area contributed by atoms with Crippen molar-refractivity contribution in [2.75, 3.05) is 23.7 Å². The second-order valence-corrected chi connectivity index (χ2v) is 9.89. The van der Waals surface area contributed by atoms with Gasteiger partial charge in [0.1, 0.15) is 12.4 Å². The van der Waals surface area contributed by atoms with E-state index in [1.165, 1.54) is 17.0 Å². The summed E-state index contributed by atoms with van der Waals surface area (Å²) >= 11 is 0. The molecule has 1 heterocycles. The van der Waals surface area contributed by atoms with Gasteiger partial charge in [-0.05, 0) is 49.7 Å². The quantitative estimate of drug-likeness (QED) is 0.383. The van der Waals surface area contributed by atoms with Crippen LogP contribution in [0, 0.1) is 6.92 Å². The zero-order valence-electron chi connectivity index (χ0n) is 21.6. The van der Waals surface area contributed by atoms with Crippen LogP contribution in [0.4, 0.5) is 29.5 Å². The largest absolute Gasteiger partial charge is 0.416 e. The molecule has 3 rings (SSSR count). The Bertz CT molecular complexity index is 1230. The number of aromatic nitrogens is 2. The third kappa shape index (κ3) is 7.34. The molecule has 3 amide bonds. The minimum atomic E-state index is -4.47. The number of urea groups is 1. The summed E-state index contributed by atoms with van der Waals surface area (Å²) in [6, 6.07) is 13.1. The Hall–Kier alpha value is -3.82. The molecule has 0 aliphatic rings. The van der Waals surface area contributed by atoms with Crippen LogP contribution in [0.25, 0.3) is 5.69 Å². The van der Waals surface area contributed by atoms with Gasteiger partial charge in [0.2, 0.25) is 5.91 Å². The highest BCUT2D eigenvalue weighted by Crippen LogP contribution is 2.30. The molecule has 0 atom stereocenters. The molecule has 0 spiro atoms. The summed E-state index contributed by atoms with van der Waals surface area (Å²) in [6.45, 7) is 9.94. The first-order valence-corrected chi connectivity index (χ1v) is 12.0. The molecule has 0 fully saturated rings. The standard InChI is InChI=1S/C27H32F3N5O2/c1-6-15-34(25(37)31-20-11-9-19(10-12-20)27(28,29)30)17-24(36)32-23-16-22(26(3,4)5)33-35(23)21-13-7-18(2)8-14-21/h7-14,16H,6,15,17H2,1-5H3,(H,31,37)(H,32,36). The number of nitrogens with zero attached hydrogens (tertiary/aromatic N) is 3. The normalized spacial score (nSPS) is 11.8. The van der Waals surface area contributed by atoms with Gasteiger partial charge in [0, 0.05) is 23.7 Å². The van der Waals surface area contributed by atoms with E-state index in [-0.39, 0.29) is 24.2 Å². The van der Waals surface area contributed by atoms with E-state index >= 15 is 0 Å². The van der Waals surface area contributed by atoms with Crippen LogP contribution >= 0.6 is 0 Å². The molecule has 0 unspecified atom stereocenters. The summed E-state index contributed by atoms with van der Waals surface area (Å²) in [4.78, 5) is 27.1. The Kier molecular flexibility index (Phi) is 8.30. The molecule has 198 valence electrons. The van der Waals surface area contributed by atoms with Crippen LogP contribution in [0.2, 0.25) is 0 Å². The van der Waals surface area contributed by atoms with Crippen molar-refractivity contribution in [1.82, 2.24) is 14.7 Å².